The fourth-order valence-electron chi connectivity index (χ4n) is 1.72. The summed E-state index contributed by atoms with van der Waals surface area (Å²) in [5, 5.41) is 3.87. The van der Waals surface area contributed by atoms with Gasteiger partial charge in [-0.25, -0.2) is 0 Å². The van der Waals surface area contributed by atoms with Gasteiger partial charge in [0.05, 0.1) is 0 Å². The number of rotatable bonds is 7. The summed E-state index contributed by atoms with van der Waals surface area (Å²) in [5.41, 5.74) is 6.90. The van der Waals surface area contributed by atoms with Crippen molar-refractivity contribution in [3.05, 3.63) is 64.6 Å². The summed E-state index contributed by atoms with van der Waals surface area (Å²) >= 11 is 3.39. The normalized spacial score (nSPS) is 11.2. The standard InChI is InChI=1S/C16H17BrN2O2/c17-14-7-4-8-15(12-14)20-9-10-21-19-16(18)11-13-5-2-1-3-6-13/h1-8,12H,9-11H2,(H2,18,19). The summed E-state index contributed by atoms with van der Waals surface area (Å²) in [6.07, 6.45) is 0.577. The summed E-state index contributed by atoms with van der Waals surface area (Å²) < 4.78 is 6.50. The molecule has 0 unspecified atom stereocenters. The molecule has 0 bridgehead atoms. The molecule has 0 heterocycles. The van der Waals surface area contributed by atoms with Crippen LogP contribution in [0.1, 0.15) is 5.56 Å². The number of hydrogen-bond donors (Lipinski definition) is 1. The van der Waals surface area contributed by atoms with Crippen molar-refractivity contribution < 1.29 is 9.57 Å². The molecule has 0 fully saturated rings. The molecule has 0 radical (unpaired) electrons. The van der Waals surface area contributed by atoms with Crippen molar-refractivity contribution in [2.45, 2.75) is 6.42 Å². The van der Waals surface area contributed by atoms with E-state index in [1.807, 2.05) is 54.6 Å². The third-order valence-corrected chi connectivity index (χ3v) is 3.14. The molecule has 0 saturated carbocycles. The Morgan fingerprint density at radius 1 is 1.05 bits per heavy atom. The summed E-state index contributed by atoms with van der Waals surface area (Å²) in [6, 6.07) is 17.5. The highest BCUT2D eigenvalue weighted by Crippen LogP contribution is 2.17. The van der Waals surface area contributed by atoms with Crippen LogP contribution in [0.3, 0.4) is 0 Å². The molecule has 0 aromatic heterocycles. The molecule has 5 heteroatoms. The Morgan fingerprint density at radius 2 is 1.86 bits per heavy atom. The fourth-order valence-corrected chi connectivity index (χ4v) is 2.10. The molecule has 21 heavy (non-hydrogen) atoms. The van der Waals surface area contributed by atoms with Gasteiger partial charge in [0, 0.05) is 10.9 Å². The van der Waals surface area contributed by atoms with Crippen LogP contribution in [0.15, 0.2) is 64.2 Å². The number of oxime groups is 1. The number of hydrogen-bond acceptors (Lipinski definition) is 3. The minimum Gasteiger partial charge on any atom is -0.490 e. The molecule has 110 valence electrons. The first-order valence-electron chi connectivity index (χ1n) is 6.60. The number of nitrogens with zero attached hydrogens (tertiary/aromatic N) is 1. The van der Waals surface area contributed by atoms with Crippen molar-refractivity contribution in [2.75, 3.05) is 13.2 Å². The second-order valence-electron chi connectivity index (χ2n) is 4.38. The molecular formula is C16H17BrN2O2. The molecule has 4 nitrogen and oxygen atoms in total. The van der Waals surface area contributed by atoms with E-state index in [1.54, 1.807) is 0 Å². The van der Waals surface area contributed by atoms with Crippen LogP contribution in [0.5, 0.6) is 5.75 Å². The molecule has 2 N–H and O–H groups in total. The first-order chi connectivity index (χ1) is 10.2. The summed E-state index contributed by atoms with van der Waals surface area (Å²) in [6.45, 7) is 0.764. The van der Waals surface area contributed by atoms with Crippen LogP contribution < -0.4 is 10.5 Å². The van der Waals surface area contributed by atoms with Crippen LogP contribution in [0.4, 0.5) is 0 Å². The quantitative estimate of drug-likeness (QED) is 0.361. The van der Waals surface area contributed by atoms with Crippen molar-refractivity contribution >= 4 is 21.8 Å². The van der Waals surface area contributed by atoms with E-state index < -0.39 is 0 Å². The van der Waals surface area contributed by atoms with Crippen molar-refractivity contribution in [1.29, 1.82) is 0 Å². The number of benzene rings is 2. The Morgan fingerprint density at radius 3 is 2.62 bits per heavy atom. The van der Waals surface area contributed by atoms with E-state index in [0.29, 0.717) is 25.5 Å². The monoisotopic (exact) mass is 348 g/mol. The molecule has 2 aromatic rings. The van der Waals surface area contributed by atoms with Crippen LogP contribution >= 0.6 is 15.9 Å². The minimum atomic E-state index is 0.349. The number of amidine groups is 1. The van der Waals surface area contributed by atoms with Crippen LogP contribution in [-0.2, 0) is 11.3 Å². The maximum absolute atomic E-state index is 5.80. The third-order valence-electron chi connectivity index (χ3n) is 2.65. The van der Waals surface area contributed by atoms with Gasteiger partial charge in [0.1, 0.15) is 18.2 Å². The Balaban J connectivity index is 1.68. The third kappa shape index (κ3) is 5.87. The van der Waals surface area contributed by atoms with Gasteiger partial charge in [-0.15, -0.1) is 0 Å². The van der Waals surface area contributed by atoms with Gasteiger partial charge < -0.3 is 15.3 Å². The Kier molecular flexibility index (Phi) is 6.09. The van der Waals surface area contributed by atoms with E-state index in [1.165, 1.54) is 0 Å². The summed E-state index contributed by atoms with van der Waals surface area (Å²) in [7, 11) is 0. The Bertz CT molecular complexity index is 588. The van der Waals surface area contributed by atoms with E-state index in [0.717, 1.165) is 15.8 Å². The van der Waals surface area contributed by atoms with Crippen molar-refractivity contribution in [2.24, 2.45) is 10.9 Å². The molecule has 0 atom stereocenters. The first kappa shape index (κ1) is 15.4. The highest BCUT2D eigenvalue weighted by atomic mass is 79.9. The lowest BCUT2D eigenvalue weighted by molar-refractivity contribution is 0.106. The van der Waals surface area contributed by atoms with Gasteiger partial charge in [-0.1, -0.05) is 57.5 Å². The average Bonchev–Trinajstić information content (AvgIpc) is 2.48. The predicted molar refractivity (Wildman–Crippen MR) is 87.4 cm³/mol. The van der Waals surface area contributed by atoms with E-state index >= 15 is 0 Å². The molecular weight excluding hydrogens is 332 g/mol. The zero-order valence-electron chi connectivity index (χ0n) is 11.5. The van der Waals surface area contributed by atoms with Gasteiger partial charge in [-0.2, -0.15) is 0 Å². The zero-order chi connectivity index (χ0) is 14.9. The predicted octanol–water partition coefficient (Wildman–Crippen LogP) is 3.36. The largest absolute Gasteiger partial charge is 0.490 e. The first-order valence-corrected chi connectivity index (χ1v) is 7.40. The highest BCUT2D eigenvalue weighted by molar-refractivity contribution is 9.10. The van der Waals surface area contributed by atoms with E-state index in [9.17, 15) is 0 Å². The number of nitrogens with two attached hydrogens (primary N) is 1. The second kappa shape index (κ2) is 8.32. The maximum atomic E-state index is 5.80. The second-order valence-corrected chi connectivity index (χ2v) is 5.30. The molecule has 0 saturated heterocycles. The topological polar surface area (TPSA) is 56.8 Å². The fraction of sp³-hybridized carbons (Fsp3) is 0.188. The van der Waals surface area contributed by atoms with Crippen molar-refractivity contribution in [3.8, 4) is 5.75 Å². The van der Waals surface area contributed by atoms with E-state index in [-0.39, 0.29) is 0 Å². The van der Waals surface area contributed by atoms with Crippen molar-refractivity contribution in [1.82, 2.24) is 0 Å². The molecule has 2 aromatic carbocycles. The van der Waals surface area contributed by atoms with Gasteiger partial charge in [0.15, 0.2) is 6.61 Å². The SMILES string of the molecule is NC(Cc1ccccc1)=NOCCOc1cccc(Br)c1. The number of ether oxygens (including phenoxy) is 1. The lowest BCUT2D eigenvalue weighted by atomic mass is 10.1. The van der Waals surface area contributed by atoms with Gasteiger partial charge in [0.2, 0.25) is 0 Å². The number of halogens is 1. The molecule has 2 rings (SSSR count). The van der Waals surface area contributed by atoms with E-state index in [4.69, 9.17) is 15.3 Å². The Hall–Kier alpha value is -2.01. The summed E-state index contributed by atoms with van der Waals surface area (Å²) in [4.78, 5) is 5.15. The molecule has 0 aliphatic carbocycles. The summed E-state index contributed by atoms with van der Waals surface area (Å²) in [5.74, 6) is 1.23. The van der Waals surface area contributed by atoms with Crippen LogP contribution in [0.25, 0.3) is 0 Å². The molecule has 0 spiro atoms. The minimum absolute atomic E-state index is 0.349. The van der Waals surface area contributed by atoms with Gasteiger partial charge in [-0.3, -0.25) is 0 Å². The van der Waals surface area contributed by atoms with Crippen LogP contribution in [0, 0.1) is 0 Å². The zero-order valence-corrected chi connectivity index (χ0v) is 13.1. The molecule has 0 amide bonds. The van der Waals surface area contributed by atoms with Crippen molar-refractivity contribution in [3.63, 3.8) is 0 Å². The van der Waals surface area contributed by atoms with Crippen LogP contribution in [0.2, 0.25) is 0 Å². The van der Waals surface area contributed by atoms with Gasteiger partial charge >= 0.3 is 0 Å². The van der Waals surface area contributed by atoms with Crippen LogP contribution in [-0.4, -0.2) is 19.0 Å². The lowest BCUT2D eigenvalue weighted by Gasteiger charge is -2.06. The van der Waals surface area contributed by atoms with E-state index in [2.05, 4.69) is 21.1 Å². The average molecular weight is 349 g/mol. The smallest absolute Gasteiger partial charge is 0.151 e. The highest BCUT2D eigenvalue weighted by Gasteiger charge is 1.97. The van der Waals surface area contributed by atoms with Gasteiger partial charge in [0.25, 0.3) is 0 Å². The Labute approximate surface area is 132 Å². The lowest BCUT2D eigenvalue weighted by Crippen LogP contribution is -2.16. The molecule has 0 aliphatic heterocycles. The van der Waals surface area contributed by atoms with Gasteiger partial charge in [-0.05, 0) is 23.8 Å². The molecule has 0 aliphatic rings. The maximum Gasteiger partial charge on any atom is 0.151 e.